The predicted octanol–water partition coefficient (Wildman–Crippen LogP) is 1.71. The van der Waals surface area contributed by atoms with Crippen molar-refractivity contribution >= 4 is 11.7 Å². The molecule has 2 aromatic heterocycles. The van der Waals surface area contributed by atoms with Crippen molar-refractivity contribution in [2.75, 3.05) is 21.2 Å². The highest BCUT2D eigenvalue weighted by Gasteiger charge is 2.28. The molecule has 0 saturated heterocycles. The van der Waals surface area contributed by atoms with Crippen LogP contribution in [0.15, 0.2) is 41.6 Å². The summed E-state index contributed by atoms with van der Waals surface area (Å²) in [6.45, 7) is 0.587. The first-order chi connectivity index (χ1) is 15.3. The SMILES string of the molecule is CNC(=O)c1cc(-c2ccc(F)cn2)c2n1CCc1cc(OC)c(/C(N)=N/N(C)N)cc1-2. The Morgan fingerprint density at radius 1 is 1.31 bits per heavy atom. The number of benzene rings is 1. The normalized spacial score (nSPS) is 12.7. The molecule has 1 aliphatic heterocycles. The lowest BCUT2D eigenvalue weighted by Crippen LogP contribution is -2.26. The van der Waals surface area contributed by atoms with Crippen molar-refractivity contribution in [3.63, 3.8) is 0 Å². The van der Waals surface area contributed by atoms with Crippen LogP contribution < -0.4 is 21.6 Å². The third-order valence-electron chi connectivity index (χ3n) is 5.39. The van der Waals surface area contributed by atoms with Crippen LogP contribution in [0, 0.1) is 5.82 Å². The summed E-state index contributed by atoms with van der Waals surface area (Å²) in [5.41, 5.74) is 11.2. The van der Waals surface area contributed by atoms with Crippen LogP contribution in [-0.4, -0.2) is 47.6 Å². The Hall–Kier alpha value is -3.92. The van der Waals surface area contributed by atoms with E-state index >= 15 is 0 Å². The minimum absolute atomic E-state index is 0.186. The average molecular weight is 437 g/mol. The summed E-state index contributed by atoms with van der Waals surface area (Å²) in [7, 11) is 4.71. The van der Waals surface area contributed by atoms with Gasteiger partial charge in [-0.25, -0.2) is 15.4 Å². The number of pyridine rings is 1. The van der Waals surface area contributed by atoms with Crippen LogP contribution in [0.1, 0.15) is 21.6 Å². The number of amides is 1. The maximum Gasteiger partial charge on any atom is 0.267 e. The zero-order valence-corrected chi connectivity index (χ0v) is 18.0. The summed E-state index contributed by atoms with van der Waals surface area (Å²) in [5.74, 6) is 5.74. The second-order valence-electron chi connectivity index (χ2n) is 7.40. The minimum Gasteiger partial charge on any atom is -0.496 e. The summed E-state index contributed by atoms with van der Waals surface area (Å²) >= 11 is 0. The van der Waals surface area contributed by atoms with Crippen molar-refractivity contribution in [2.45, 2.75) is 13.0 Å². The number of aryl methyl sites for hydroxylation is 1. The quantitative estimate of drug-likeness (QED) is 0.242. The van der Waals surface area contributed by atoms with Crippen molar-refractivity contribution in [1.29, 1.82) is 0 Å². The average Bonchev–Trinajstić information content (AvgIpc) is 3.17. The number of aromatic nitrogens is 2. The number of ether oxygens (including phenoxy) is 1. The van der Waals surface area contributed by atoms with Gasteiger partial charge in [-0.05, 0) is 42.3 Å². The molecule has 0 fully saturated rings. The second-order valence-corrected chi connectivity index (χ2v) is 7.40. The fourth-order valence-corrected chi connectivity index (χ4v) is 3.99. The van der Waals surface area contributed by atoms with Crippen LogP contribution in [-0.2, 0) is 13.0 Å². The molecule has 4 rings (SSSR count). The maximum atomic E-state index is 13.5. The third kappa shape index (κ3) is 3.65. The van der Waals surface area contributed by atoms with Crippen LogP contribution in [0.3, 0.4) is 0 Å². The number of methoxy groups -OCH3 is 1. The van der Waals surface area contributed by atoms with Gasteiger partial charge in [-0.3, -0.25) is 9.78 Å². The van der Waals surface area contributed by atoms with Crippen molar-refractivity contribution in [1.82, 2.24) is 20.0 Å². The molecule has 0 spiro atoms. The summed E-state index contributed by atoms with van der Waals surface area (Å²) in [6.07, 6.45) is 1.84. The lowest BCUT2D eigenvalue weighted by molar-refractivity contribution is 0.0954. The molecular weight excluding hydrogens is 413 g/mol. The second kappa shape index (κ2) is 8.31. The van der Waals surface area contributed by atoms with Gasteiger partial charge in [0.25, 0.3) is 5.91 Å². The topological polar surface area (TPSA) is 124 Å². The van der Waals surface area contributed by atoms with Crippen molar-refractivity contribution in [3.05, 3.63) is 59.2 Å². The number of hydrogen-bond acceptors (Lipinski definition) is 6. The number of hydrogen-bond donors (Lipinski definition) is 3. The van der Waals surface area contributed by atoms with Gasteiger partial charge >= 0.3 is 0 Å². The third-order valence-corrected chi connectivity index (χ3v) is 5.39. The van der Waals surface area contributed by atoms with Crippen molar-refractivity contribution < 1.29 is 13.9 Å². The number of hydrazone groups is 1. The van der Waals surface area contributed by atoms with Gasteiger partial charge in [0.1, 0.15) is 17.3 Å². The smallest absolute Gasteiger partial charge is 0.267 e. The Balaban J connectivity index is 2.00. The van der Waals surface area contributed by atoms with E-state index in [9.17, 15) is 9.18 Å². The fourth-order valence-electron chi connectivity index (χ4n) is 3.99. The molecule has 0 unspecified atom stereocenters. The van der Waals surface area contributed by atoms with E-state index in [1.807, 2.05) is 16.7 Å². The van der Waals surface area contributed by atoms with E-state index in [1.54, 1.807) is 33.3 Å². The lowest BCUT2D eigenvalue weighted by Gasteiger charge is -2.24. The number of carbonyl (C=O) groups is 1. The van der Waals surface area contributed by atoms with Gasteiger partial charge < -0.3 is 20.4 Å². The largest absolute Gasteiger partial charge is 0.496 e. The molecule has 3 aromatic rings. The molecule has 32 heavy (non-hydrogen) atoms. The Morgan fingerprint density at radius 2 is 2.09 bits per heavy atom. The Bertz CT molecular complexity index is 1220. The molecule has 1 aliphatic rings. The lowest BCUT2D eigenvalue weighted by atomic mass is 9.92. The number of nitrogens with zero attached hydrogens (tertiary/aromatic N) is 4. The fraction of sp³-hybridized carbons (Fsp3) is 0.227. The number of rotatable bonds is 5. The van der Waals surface area contributed by atoms with E-state index in [1.165, 1.54) is 6.07 Å². The number of carbonyl (C=O) groups excluding carboxylic acids is 1. The van der Waals surface area contributed by atoms with Crippen LogP contribution in [0.4, 0.5) is 4.39 Å². The van der Waals surface area contributed by atoms with Gasteiger partial charge in [0.05, 0.1) is 30.3 Å². The van der Waals surface area contributed by atoms with Crippen LogP contribution in [0.5, 0.6) is 5.75 Å². The number of hydrazine groups is 1. The molecule has 0 aliphatic carbocycles. The van der Waals surface area contributed by atoms with Crippen LogP contribution in [0.2, 0.25) is 0 Å². The summed E-state index contributed by atoms with van der Waals surface area (Å²) < 4.78 is 21.0. The first-order valence-corrected chi connectivity index (χ1v) is 9.95. The Kier molecular flexibility index (Phi) is 5.54. The maximum absolute atomic E-state index is 13.5. The molecule has 0 saturated carbocycles. The summed E-state index contributed by atoms with van der Waals surface area (Å²) in [5, 5.41) is 7.90. The van der Waals surface area contributed by atoms with E-state index in [0.29, 0.717) is 41.2 Å². The number of nitrogens with one attached hydrogen (secondary N) is 1. The van der Waals surface area contributed by atoms with E-state index in [-0.39, 0.29) is 11.7 Å². The van der Waals surface area contributed by atoms with Gasteiger partial charge in [0, 0.05) is 31.8 Å². The highest BCUT2D eigenvalue weighted by Crippen LogP contribution is 2.41. The Morgan fingerprint density at radius 3 is 2.72 bits per heavy atom. The number of halogens is 1. The van der Waals surface area contributed by atoms with E-state index in [0.717, 1.165) is 28.1 Å². The van der Waals surface area contributed by atoms with Crippen molar-refractivity contribution in [3.8, 4) is 28.3 Å². The monoisotopic (exact) mass is 437 g/mol. The molecule has 1 aromatic carbocycles. The zero-order valence-electron chi connectivity index (χ0n) is 18.0. The Labute approximate surface area is 184 Å². The highest BCUT2D eigenvalue weighted by molar-refractivity contribution is 6.03. The minimum atomic E-state index is -0.435. The predicted molar refractivity (Wildman–Crippen MR) is 119 cm³/mol. The molecule has 10 heteroatoms. The molecule has 0 radical (unpaired) electrons. The van der Waals surface area contributed by atoms with Crippen LogP contribution >= 0.6 is 0 Å². The van der Waals surface area contributed by atoms with Gasteiger partial charge in [-0.15, -0.1) is 5.10 Å². The molecule has 3 heterocycles. The van der Waals surface area contributed by atoms with Crippen LogP contribution in [0.25, 0.3) is 22.5 Å². The van der Waals surface area contributed by atoms with Gasteiger partial charge in [0.2, 0.25) is 0 Å². The first kappa shape index (κ1) is 21.3. The summed E-state index contributed by atoms with van der Waals surface area (Å²) in [4.78, 5) is 16.8. The van der Waals surface area contributed by atoms with Gasteiger partial charge in [-0.2, -0.15) is 0 Å². The molecule has 0 atom stereocenters. The molecule has 5 N–H and O–H groups in total. The summed E-state index contributed by atoms with van der Waals surface area (Å²) in [6, 6.07) is 8.51. The molecular formula is C22H24FN7O2. The molecule has 0 bridgehead atoms. The number of fused-ring (bicyclic) bond motifs is 3. The number of nitrogens with two attached hydrogens (primary N) is 2. The molecule has 1 amide bonds. The number of amidine groups is 1. The standard InChI is InChI=1S/C22H24FN7O2/c1-26-22(31)18-10-15(17-5-4-13(23)11-27-17)20-14-9-16(21(24)28-29(2)25)19(32-3)8-12(14)6-7-30(18)20/h4-5,8-11H,6-7,25H2,1-3H3,(H2,24,28)(H,26,31). The highest BCUT2D eigenvalue weighted by atomic mass is 19.1. The molecule has 166 valence electrons. The molecule has 9 nitrogen and oxygen atoms in total. The van der Waals surface area contributed by atoms with Crippen molar-refractivity contribution in [2.24, 2.45) is 16.7 Å². The van der Waals surface area contributed by atoms with E-state index in [2.05, 4.69) is 15.4 Å². The zero-order chi connectivity index (χ0) is 23.0. The van der Waals surface area contributed by atoms with Gasteiger partial charge in [0.15, 0.2) is 5.84 Å². The van der Waals surface area contributed by atoms with Gasteiger partial charge in [-0.1, -0.05) is 0 Å². The first-order valence-electron chi connectivity index (χ1n) is 9.95. The van der Waals surface area contributed by atoms with E-state index < -0.39 is 5.82 Å². The van der Waals surface area contributed by atoms with E-state index in [4.69, 9.17) is 16.3 Å².